The van der Waals surface area contributed by atoms with Gasteiger partial charge in [-0.05, 0) is 30.9 Å². The second kappa shape index (κ2) is 8.96. The third-order valence-corrected chi connectivity index (χ3v) is 3.78. The number of urea groups is 1. The number of carbonyl (C=O) groups is 1. The first-order valence-electron chi connectivity index (χ1n) is 7.96. The van der Waals surface area contributed by atoms with Crippen LogP contribution in [0.15, 0.2) is 60.7 Å². The molecule has 0 spiro atoms. The Morgan fingerprint density at radius 1 is 1.00 bits per heavy atom. The minimum absolute atomic E-state index is 0.0605. The molecule has 0 aromatic heterocycles. The van der Waals surface area contributed by atoms with Gasteiger partial charge < -0.3 is 15.7 Å². The Balaban J connectivity index is 1.79. The molecule has 2 amide bonds. The fourth-order valence-corrected chi connectivity index (χ4v) is 2.44. The Labute approximate surface area is 137 Å². The van der Waals surface area contributed by atoms with Crippen LogP contribution in [0, 0.1) is 0 Å². The molecule has 0 heterocycles. The molecule has 0 aliphatic carbocycles. The summed E-state index contributed by atoms with van der Waals surface area (Å²) in [5.74, 6) is 0. The molecule has 3 N–H and O–H groups in total. The lowest BCUT2D eigenvalue weighted by molar-refractivity contribution is 0.214. The van der Waals surface area contributed by atoms with E-state index in [9.17, 15) is 9.90 Å². The Morgan fingerprint density at radius 2 is 1.61 bits per heavy atom. The van der Waals surface area contributed by atoms with Crippen molar-refractivity contribution in [1.29, 1.82) is 0 Å². The number of rotatable bonds is 7. The highest BCUT2D eigenvalue weighted by Gasteiger charge is 2.14. The predicted octanol–water partition coefficient (Wildman–Crippen LogP) is 3.04. The van der Waals surface area contributed by atoms with E-state index in [1.807, 2.05) is 55.5 Å². The second-order valence-electron chi connectivity index (χ2n) is 5.69. The molecular formula is C19H24N2O2. The van der Waals surface area contributed by atoms with Gasteiger partial charge in [0.05, 0.1) is 12.6 Å². The van der Waals surface area contributed by atoms with Gasteiger partial charge >= 0.3 is 6.03 Å². The van der Waals surface area contributed by atoms with Crippen LogP contribution in [0.1, 0.15) is 30.5 Å². The van der Waals surface area contributed by atoms with Crippen LogP contribution in [-0.4, -0.2) is 23.8 Å². The zero-order valence-corrected chi connectivity index (χ0v) is 13.4. The van der Waals surface area contributed by atoms with Gasteiger partial charge in [0.2, 0.25) is 0 Å². The number of benzene rings is 2. The fourth-order valence-electron chi connectivity index (χ4n) is 2.44. The van der Waals surface area contributed by atoms with Gasteiger partial charge in [0.25, 0.3) is 0 Å². The monoisotopic (exact) mass is 312 g/mol. The maximum atomic E-state index is 12.1. The Morgan fingerprint density at radius 3 is 2.22 bits per heavy atom. The van der Waals surface area contributed by atoms with Crippen molar-refractivity contribution in [2.45, 2.75) is 31.8 Å². The van der Waals surface area contributed by atoms with Crippen molar-refractivity contribution in [3.8, 4) is 0 Å². The zero-order chi connectivity index (χ0) is 16.5. The van der Waals surface area contributed by atoms with E-state index in [4.69, 9.17) is 0 Å². The highest BCUT2D eigenvalue weighted by molar-refractivity contribution is 5.74. The largest absolute Gasteiger partial charge is 0.394 e. The summed E-state index contributed by atoms with van der Waals surface area (Å²) in [6.07, 6.45) is 1.79. The molecule has 2 aromatic rings. The molecule has 0 fully saturated rings. The van der Waals surface area contributed by atoms with Crippen LogP contribution in [0.2, 0.25) is 0 Å². The van der Waals surface area contributed by atoms with Crippen molar-refractivity contribution in [1.82, 2.24) is 10.6 Å². The average molecular weight is 312 g/mol. The predicted molar refractivity (Wildman–Crippen MR) is 92.2 cm³/mol. The third kappa shape index (κ3) is 5.75. The second-order valence-corrected chi connectivity index (χ2v) is 5.69. The van der Waals surface area contributed by atoms with Gasteiger partial charge in [-0.15, -0.1) is 0 Å². The van der Waals surface area contributed by atoms with Crippen LogP contribution in [0.25, 0.3) is 0 Å². The smallest absolute Gasteiger partial charge is 0.315 e. The first kappa shape index (κ1) is 17.0. The summed E-state index contributed by atoms with van der Waals surface area (Å²) in [4.78, 5) is 12.1. The van der Waals surface area contributed by atoms with Gasteiger partial charge in [0.1, 0.15) is 0 Å². The summed E-state index contributed by atoms with van der Waals surface area (Å²) in [6.45, 7) is 1.86. The van der Waals surface area contributed by atoms with Gasteiger partial charge in [-0.25, -0.2) is 4.79 Å². The highest BCUT2D eigenvalue weighted by atomic mass is 16.3. The number of hydrogen-bond donors (Lipinski definition) is 3. The molecule has 0 saturated carbocycles. The standard InChI is InChI=1S/C19H24N2O2/c1-15(12-13-16-8-4-2-5-9-16)20-19(23)21-18(14-22)17-10-6-3-7-11-17/h2-11,15,18,22H,12-14H2,1H3,(H2,20,21,23). The summed E-state index contributed by atoms with van der Waals surface area (Å²) >= 11 is 0. The number of nitrogens with one attached hydrogen (secondary N) is 2. The van der Waals surface area contributed by atoms with Crippen molar-refractivity contribution in [2.75, 3.05) is 6.61 Å². The van der Waals surface area contributed by atoms with Gasteiger partial charge in [0.15, 0.2) is 0 Å². The van der Waals surface area contributed by atoms with Crippen molar-refractivity contribution < 1.29 is 9.90 Å². The Bertz CT molecular complexity index is 587. The first-order chi connectivity index (χ1) is 11.2. The fraction of sp³-hybridized carbons (Fsp3) is 0.316. The Hall–Kier alpha value is -2.33. The van der Waals surface area contributed by atoms with Crippen LogP contribution in [-0.2, 0) is 6.42 Å². The van der Waals surface area contributed by atoms with Crippen molar-refractivity contribution in [3.05, 3.63) is 71.8 Å². The van der Waals surface area contributed by atoms with Crippen LogP contribution >= 0.6 is 0 Å². The molecule has 2 aromatic carbocycles. The van der Waals surface area contributed by atoms with E-state index >= 15 is 0 Å². The molecule has 23 heavy (non-hydrogen) atoms. The van der Waals surface area contributed by atoms with Gasteiger partial charge in [-0.1, -0.05) is 60.7 Å². The normalized spacial score (nSPS) is 13.1. The van der Waals surface area contributed by atoms with Crippen molar-refractivity contribution in [3.63, 3.8) is 0 Å². The minimum Gasteiger partial charge on any atom is -0.394 e. The minimum atomic E-state index is -0.391. The Kier molecular flexibility index (Phi) is 6.63. The molecule has 4 nitrogen and oxygen atoms in total. The van der Waals surface area contributed by atoms with Crippen LogP contribution in [0.3, 0.4) is 0 Å². The number of aliphatic hydroxyl groups excluding tert-OH is 1. The van der Waals surface area contributed by atoms with Crippen molar-refractivity contribution >= 4 is 6.03 Å². The van der Waals surface area contributed by atoms with Crippen LogP contribution < -0.4 is 10.6 Å². The molecule has 0 bridgehead atoms. The molecule has 122 valence electrons. The maximum absolute atomic E-state index is 12.1. The number of carbonyl (C=O) groups excluding carboxylic acids is 1. The summed E-state index contributed by atoms with van der Waals surface area (Å²) in [5, 5.41) is 15.2. The summed E-state index contributed by atoms with van der Waals surface area (Å²) < 4.78 is 0. The zero-order valence-electron chi connectivity index (χ0n) is 13.4. The molecule has 0 radical (unpaired) electrons. The quantitative estimate of drug-likeness (QED) is 0.736. The molecule has 2 unspecified atom stereocenters. The first-order valence-corrected chi connectivity index (χ1v) is 7.96. The van der Waals surface area contributed by atoms with E-state index in [0.717, 1.165) is 18.4 Å². The van der Waals surface area contributed by atoms with E-state index < -0.39 is 6.04 Å². The number of aliphatic hydroxyl groups is 1. The summed E-state index contributed by atoms with van der Waals surface area (Å²) in [6, 6.07) is 19.1. The van der Waals surface area contributed by atoms with Gasteiger partial charge in [-0.2, -0.15) is 0 Å². The summed E-state index contributed by atoms with van der Waals surface area (Å²) in [5.41, 5.74) is 2.15. The molecule has 4 heteroatoms. The molecule has 0 saturated heterocycles. The molecular weight excluding hydrogens is 288 g/mol. The number of aryl methyl sites for hydroxylation is 1. The summed E-state index contributed by atoms with van der Waals surface area (Å²) in [7, 11) is 0. The third-order valence-electron chi connectivity index (χ3n) is 3.78. The maximum Gasteiger partial charge on any atom is 0.315 e. The lowest BCUT2D eigenvalue weighted by Crippen LogP contribution is -2.43. The molecule has 0 aliphatic heterocycles. The topological polar surface area (TPSA) is 61.4 Å². The number of hydrogen-bond acceptors (Lipinski definition) is 2. The van der Waals surface area contributed by atoms with Crippen LogP contribution in [0.4, 0.5) is 4.79 Å². The molecule has 2 rings (SSSR count). The highest BCUT2D eigenvalue weighted by Crippen LogP contribution is 2.11. The van der Waals surface area contributed by atoms with Crippen molar-refractivity contribution in [2.24, 2.45) is 0 Å². The van der Waals surface area contributed by atoms with E-state index in [-0.39, 0.29) is 18.7 Å². The van der Waals surface area contributed by atoms with E-state index in [2.05, 4.69) is 22.8 Å². The van der Waals surface area contributed by atoms with Crippen LogP contribution in [0.5, 0.6) is 0 Å². The van der Waals surface area contributed by atoms with E-state index in [1.165, 1.54) is 5.56 Å². The number of amides is 2. The lowest BCUT2D eigenvalue weighted by atomic mass is 10.1. The SMILES string of the molecule is CC(CCc1ccccc1)NC(=O)NC(CO)c1ccccc1. The molecule has 0 aliphatic rings. The van der Waals surface area contributed by atoms with E-state index in [1.54, 1.807) is 0 Å². The lowest BCUT2D eigenvalue weighted by Gasteiger charge is -2.20. The average Bonchev–Trinajstić information content (AvgIpc) is 2.59. The molecule has 2 atom stereocenters. The van der Waals surface area contributed by atoms with Gasteiger partial charge in [0, 0.05) is 6.04 Å². The van der Waals surface area contributed by atoms with E-state index in [0.29, 0.717) is 0 Å². The van der Waals surface area contributed by atoms with Gasteiger partial charge in [-0.3, -0.25) is 0 Å².